The summed E-state index contributed by atoms with van der Waals surface area (Å²) in [4.78, 5) is 24.3. The van der Waals surface area contributed by atoms with E-state index >= 15 is 0 Å². The second-order valence-electron chi connectivity index (χ2n) is 3.92. The highest BCUT2D eigenvalue weighted by Crippen LogP contribution is 2.19. The number of carboxylic acid groups (broad SMARTS) is 1. The van der Waals surface area contributed by atoms with Crippen LogP contribution in [0.1, 0.15) is 23.2 Å². The van der Waals surface area contributed by atoms with Gasteiger partial charge in [0, 0.05) is 13.1 Å². The maximum atomic E-state index is 11.9. The smallest absolute Gasteiger partial charge is 0.306 e. The van der Waals surface area contributed by atoms with Crippen molar-refractivity contribution in [3.8, 4) is 0 Å². The highest BCUT2D eigenvalue weighted by molar-refractivity contribution is 5.93. The summed E-state index contributed by atoms with van der Waals surface area (Å²) in [6, 6.07) is 1.62. The van der Waals surface area contributed by atoms with Crippen LogP contribution in [0.2, 0.25) is 0 Å². The van der Waals surface area contributed by atoms with Gasteiger partial charge in [-0.25, -0.2) is 0 Å². The minimum atomic E-state index is -0.768. The molecule has 5 heteroatoms. The summed E-state index contributed by atoms with van der Waals surface area (Å²) in [5.41, 5.74) is 0.522. The summed E-state index contributed by atoms with van der Waals surface area (Å²) in [6.45, 7) is 1.00. The number of hydrogen-bond donors (Lipinski definition) is 1. The van der Waals surface area contributed by atoms with Crippen molar-refractivity contribution < 1.29 is 19.1 Å². The van der Waals surface area contributed by atoms with Gasteiger partial charge in [0.15, 0.2) is 0 Å². The maximum absolute atomic E-state index is 11.9. The van der Waals surface area contributed by atoms with E-state index in [1.54, 1.807) is 11.0 Å². The lowest BCUT2D eigenvalue weighted by atomic mass is 9.97. The Balaban J connectivity index is 1.94. The monoisotopic (exact) mass is 223 g/mol. The van der Waals surface area contributed by atoms with E-state index < -0.39 is 5.97 Å². The minimum absolute atomic E-state index is 0.0856. The van der Waals surface area contributed by atoms with Crippen LogP contribution in [0.5, 0.6) is 0 Å². The third-order valence-corrected chi connectivity index (χ3v) is 2.90. The Labute approximate surface area is 92.7 Å². The molecule has 0 aromatic carbocycles. The molecule has 1 aliphatic rings. The summed E-state index contributed by atoms with van der Waals surface area (Å²) in [7, 11) is 0. The second-order valence-corrected chi connectivity index (χ2v) is 3.92. The molecule has 2 heterocycles. The van der Waals surface area contributed by atoms with E-state index in [-0.39, 0.29) is 11.8 Å². The zero-order valence-electron chi connectivity index (χ0n) is 8.76. The topological polar surface area (TPSA) is 70.8 Å². The minimum Gasteiger partial charge on any atom is -0.481 e. The first-order valence-electron chi connectivity index (χ1n) is 5.23. The molecule has 2 rings (SSSR count). The lowest BCUT2D eigenvalue weighted by molar-refractivity contribution is -0.143. The summed E-state index contributed by atoms with van der Waals surface area (Å²) >= 11 is 0. The van der Waals surface area contributed by atoms with Crippen LogP contribution in [0.3, 0.4) is 0 Å². The highest BCUT2D eigenvalue weighted by Gasteiger charge is 2.27. The Morgan fingerprint density at radius 3 is 2.56 bits per heavy atom. The number of aliphatic carboxylic acids is 1. The number of carbonyl (C=O) groups excluding carboxylic acids is 1. The summed E-state index contributed by atoms with van der Waals surface area (Å²) < 4.78 is 4.84. The molecule has 0 bridgehead atoms. The SMILES string of the molecule is O=C(O)C1CCN(C(=O)c2ccoc2)CC1. The molecule has 1 N–H and O–H groups in total. The molecule has 5 nitrogen and oxygen atoms in total. The Hall–Kier alpha value is -1.78. The van der Waals surface area contributed by atoms with Crippen LogP contribution < -0.4 is 0 Å². The molecular formula is C11H13NO4. The van der Waals surface area contributed by atoms with Crippen LogP contribution in [-0.2, 0) is 4.79 Å². The normalized spacial score (nSPS) is 17.4. The first-order chi connectivity index (χ1) is 7.68. The summed E-state index contributed by atoms with van der Waals surface area (Å²) in [6.07, 6.45) is 3.92. The van der Waals surface area contributed by atoms with Crippen LogP contribution >= 0.6 is 0 Å². The largest absolute Gasteiger partial charge is 0.481 e. The number of hydrogen-bond acceptors (Lipinski definition) is 3. The van der Waals surface area contributed by atoms with Crippen molar-refractivity contribution in [3.05, 3.63) is 24.2 Å². The van der Waals surface area contributed by atoms with Crippen molar-refractivity contribution in [2.24, 2.45) is 5.92 Å². The molecule has 0 saturated carbocycles. The van der Waals surface area contributed by atoms with E-state index in [0.717, 1.165) is 0 Å². The van der Waals surface area contributed by atoms with E-state index in [4.69, 9.17) is 9.52 Å². The molecule has 1 aromatic rings. The first kappa shape index (κ1) is 10.7. The molecule has 1 aromatic heterocycles. The van der Waals surface area contributed by atoms with Gasteiger partial charge in [0.1, 0.15) is 6.26 Å². The van der Waals surface area contributed by atoms with Gasteiger partial charge in [-0.05, 0) is 18.9 Å². The molecule has 86 valence electrons. The zero-order chi connectivity index (χ0) is 11.5. The zero-order valence-corrected chi connectivity index (χ0v) is 8.76. The van der Waals surface area contributed by atoms with Crippen LogP contribution in [-0.4, -0.2) is 35.0 Å². The summed E-state index contributed by atoms with van der Waals surface area (Å²) in [5, 5.41) is 8.83. The number of nitrogens with zero attached hydrogens (tertiary/aromatic N) is 1. The molecule has 0 atom stereocenters. The number of amides is 1. The molecule has 0 spiro atoms. The van der Waals surface area contributed by atoms with Gasteiger partial charge in [-0.15, -0.1) is 0 Å². The third kappa shape index (κ3) is 2.08. The van der Waals surface area contributed by atoms with Gasteiger partial charge in [-0.2, -0.15) is 0 Å². The van der Waals surface area contributed by atoms with Gasteiger partial charge in [0.25, 0.3) is 5.91 Å². The van der Waals surface area contributed by atoms with Crippen LogP contribution in [0.4, 0.5) is 0 Å². The van der Waals surface area contributed by atoms with Crippen LogP contribution in [0.25, 0.3) is 0 Å². The summed E-state index contributed by atoms with van der Waals surface area (Å²) in [5.74, 6) is -1.17. The van der Waals surface area contributed by atoms with Crippen LogP contribution in [0, 0.1) is 5.92 Å². The fourth-order valence-corrected chi connectivity index (χ4v) is 1.90. The van der Waals surface area contributed by atoms with Crippen molar-refractivity contribution in [3.63, 3.8) is 0 Å². The number of carboxylic acids is 1. The number of furan rings is 1. The Bertz CT molecular complexity index is 377. The van der Waals surface area contributed by atoms with Crippen molar-refractivity contribution in [1.82, 2.24) is 4.90 Å². The lowest BCUT2D eigenvalue weighted by Gasteiger charge is -2.29. The average Bonchev–Trinajstić information content (AvgIpc) is 2.81. The fourth-order valence-electron chi connectivity index (χ4n) is 1.90. The van der Waals surface area contributed by atoms with E-state index in [0.29, 0.717) is 31.5 Å². The van der Waals surface area contributed by atoms with Gasteiger partial charge < -0.3 is 14.4 Å². The fraction of sp³-hybridized carbons (Fsp3) is 0.455. The Morgan fingerprint density at radius 1 is 1.38 bits per heavy atom. The molecule has 1 aliphatic heterocycles. The van der Waals surface area contributed by atoms with Gasteiger partial charge >= 0.3 is 5.97 Å². The number of rotatable bonds is 2. The Morgan fingerprint density at radius 2 is 2.06 bits per heavy atom. The van der Waals surface area contributed by atoms with E-state index in [1.165, 1.54) is 12.5 Å². The predicted molar refractivity (Wildman–Crippen MR) is 55.0 cm³/mol. The van der Waals surface area contributed by atoms with Crippen LogP contribution in [0.15, 0.2) is 23.0 Å². The number of carbonyl (C=O) groups is 2. The molecule has 1 amide bonds. The number of likely N-dealkylation sites (tertiary alicyclic amines) is 1. The van der Waals surface area contributed by atoms with E-state index in [9.17, 15) is 9.59 Å². The molecule has 0 unspecified atom stereocenters. The van der Waals surface area contributed by atoms with Crippen molar-refractivity contribution in [2.75, 3.05) is 13.1 Å². The second kappa shape index (κ2) is 4.38. The maximum Gasteiger partial charge on any atom is 0.306 e. The molecule has 0 radical (unpaired) electrons. The van der Waals surface area contributed by atoms with E-state index in [1.807, 2.05) is 0 Å². The molecule has 16 heavy (non-hydrogen) atoms. The molecule has 1 fully saturated rings. The van der Waals surface area contributed by atoms with Gasteiger partial charge in [0.2, 0.25) is 0 Å². The standard InChI is InChI=1S/C11H13NO4/c13-10(9-3-6-16-7-9)12-4-1-8(2-5-12)11(14)15/h3,6-8H,1-2,4-5H2,(H,14,15). The van der Waals surface area contributed by atoms with Gasteiger partial charge in [-0.3, -0.25) is 9.59 Å². The Kier molecular flexibility index (Phi) is 2.94. The molecule has 1 saturated heterocycles. The molecule has 0 aliphatic carbocycles. The first-order valence-corrected chi connectivity index (χ1v) is 5.23. The average molecular weight is 223 g/mol. The third-order valence-electron chi connectivity index (χ3n) is 2.90. The predicted octanol–water partition coefficient (Wildman–Crippen LogP) is 1.22. The van der Waals surface area contributed by atoms with Crippen molar-refractivity contribution >= 4 is 11.9 Å². The highest BCUT2D eigenvalue weighted by atomic mass is 16.4. The van der Waals surface area contributed by atoms with Crippen molar-refractivity contribution in [1.29, 1.82) is 0 Å². The van der Waals surface area contributed by atoms with Gasteiger partial charge in [-0.1, -0.05) is 0 Å². The quantitative estimate of drug-likeness (QED) is 0.818. The van der Waals surface area contributed by atoms with Crippen molar-refractivity contribution in [2.45, 2.75) is 12.8 Å². The lowest BCUT2D eigenvalue weighted by Crippen LogP contribution is -2.40. The molecular weight excluding hydrogens is 210 g/mol. The number of piperidine rings is 1. The van der Waals surface area contributed by atoms with Gasteiger partial charge in [0.05, 0.1) is 17.7 Å². The van der Waals surface area contributed by atoms with E-state index in [2.05, 4.69) is 0 Å².